The maximum Gasteiger partial charge on any atom is 0.416 e. The Morgan fingerprint density at radius 2 is 1.63 bits per heavy atom. The van der Waals surface area contributed by atoms with Gasteiger partial charge in [-0.3, -0.25) is 0 Å². The van der Waals surface area contributed by atoms with E-state index in [2.05, 4.69) is 22.0 Å². The smallest absolute Gasteiger partial charge is 0.399 e. The van der Waals surface area contributed by atoms with Gasteiger partial charge in [-0.15, -0.1) is 11.3 Å². The molecule has 280 valence electrons. The summed E-state index contributed by atoms with van der Waals surface area (Å²) in [6.07, 6.45) is -2.50. The number of thiophene rings is 1. The number of fused-ring (bicyclic) bond motifs is 1. The molecule has 0 amide bonds. The topological polar surface area (TPSA) is 48.3 Å². The molecule has 5 nitrogen and oxygen atoms in total. The molecule has 1 aliphatic heterocycles. The van der Waals surface area contributed by atoms with Crippen LogP contribution in [0.1, 0.15) is 54.4 Å². The van der Waals surface area contributed by atoms with Crippen molar-refractivity contribution in [3.63, 3.8) is 0 Å². The third-order valence-corrected chi connectivity index (χ3v) is 10.6. The van der Waals surface area contributed by atoms with E-state index in [1.165, 1.54) is 7.11 Å². The first-order valence-corrected chi connectivity index (χ1v) is 18.3. The van der Waals surface area contributed by atoms with Gasteiger partial charge < -0.3 is 14.8 Å². The SMILES string of the molecule is C=C/C=C\C.CO/N=C(\CN(C)Sc1cc(C(F)(F)F)cc(C(F)(F)F)c1)C(CCN1CCC(O)(c2ccccc2)CC1)c1csc2ccccc12. The zero-order valence-corrected chi connectivity index (χ0v) is 30.9. The van der Waals surface area contributed by atoms with E-state index < -0.39 is 29.1 Å². The molecule has 52 heavy (non-hydrogen) atoms. The van der Waals surface area contributed by atoms with Gasteiger partial charge in [-0.05, 0) is 97.9 Å². The lowest BCUT2D eigenvalue weighted by Gasteiger charge is -2.39. The van der Waals surface area contributed by atoms with Crippen molar-refractivity contribution in [1.29, 1.82) is 0 Å². The summed E-state index contributed by atoms with van der Waals surface area (Å²) in [4.78, 5) is 7.36. The minimum absolute atomic E-state index is 0.110. The minimum Gasteiger partial charge on any atom is -0.399 e. The van der Waals surface area contributed by atoms with E-state index in [4.69, 9.17) is 4.84 Å². The quantitative estimate of drug-likeness (QED) is 0.0512. The number of alkyl halides is 6. The number of hydrogen-bond donors (Lipinski definition) is 1. The highest BCUT2D eigenvalue weighted by molar-refractivity contribution is 7.97. The molecule has 0 aliphatic carbocycles. The first-order valence-electron chi connectivity index (χ1n) is 16.7. The molecule has 1 unspecified atom stereocenters. The lowest BCUT2D eigenvalue weighted by Crippen LogP contribution is -2.43. The summed E-state index contributed by atoms with van der Waals surface area (Å²) in [5.74, 6) is -0.253. The molecule has 0 bridgehead atoms. The van der Waals surface area contributed by atoms with Crippen molar-refractivity contribution < 1.29 is 36.3 Å². The van der Waals surface area contributed by atoms with Gasteiger partial charge in [0, 0.05) is 28.6 Å². The Morgan fingerprint density at radius 3 is 2.19 bits per heavy atom. The average molecular weight is 764 g/mol. The maximum absolute atomic E-state index is 13.5. The molecule has 5 rings (SSSR count). The largest absolute Gasteiger partial charge is 0.416 e. The molecule has 1 aliphatic rings. The van der Waals surface area contributed by atoms with Gasteiger partial charge in [0.1, 0.15) is 7.11 Å². The molecule has 1 aromatic heterocycles. The summed E-state index contributed by atoms with van der Waals surface area (Å²) < 4.78 is 83.6. The molecule has 0 radical (unpaired) electrons. The van der Waals surface area contributed by atoms with Crippen LogP contribution in [-0.4, -0.2) is 60.4 Å². The van der Waals surface area contributed by atoms with Crippen LogP contribution in [0.5, 0.6) is 0 Å². The van der Waals surface area contributed by atoms with Gasteiger partial charge in [0.25, 0.3) is 0 Å². The maximum atomic E-state index is 13.5. The number of hydrogen-bond acceptors (Lipinski definition) is 7. The van der Waals surface area contributed by atoms with Crippen molar-refractivity contribution in [3.8, 4) is 0 Å². The van der Waals surface area contributed by atoms with Gasteiger partial charge in [0.15, 0.2) is 0 Å². The summed E-state index contributed by atoms with van der Waals surface area (Å²) >= 11 is 2.37. The fraction of sp³-hybridized carbons (Fsp3) is 0.359. The Balaban J connectivity index is 0.00000113. The van der Waals surface area contributed by atoms with Crippen molar-refractivity contribution in [3.05, 3.63) is 125 Å². The second-order valence-corrected chi connectivity index (χ2v) is 14.6. The molecule has 1 atom stereocenters. The van der Waals surface area contributed by atoms with Gasteiger partial charge in [0.2, 0.25) is 0 Å². The number of nitrogens with zero attached hydrogens (tertiary/aromatic N) is 3. The Hall–Kier alpha value is -3.62. The van der Waals surface area contributed by atoms with Crippen LogP contribution in [0.2, 0.25) is 0 Å². The predicted octanol–water partition coefficient (Wildman–Crippen LogP) is 10.8. The molecule has 0 saturated carbocycles. The van der Waals surface area contributed by atoms with E-state index in [-0.39, 0.29) is 23.4 Å². The number of aliphatic hydroxyl groups is 1. The Kier molecular flexibility index (Phi) is 14.6. The summed E-state index contributed by atoms with van der Waals surface area (Å²) in [5.41, 5.74) is -1.10. The molecule has 2 heterocycles. The molecule has 3 aromatic carbocycles. The third-order valence-electron chi connectivity index (χ3n) is 8.76. The Bertz CT molecular complexity index is 1770. The van der Waals surface area contributed by atoms with Crippen molar-refractivity contribution in [1.82, 2.24) is 9.21 Å². The highest BCUT2D eigenvalue weighted by Gasteiger charge is 2.38. The van der Waals surface area contributed by atoms with E-state index >= 15 is 0 Å². The molecular weight excluding hydrogens is 721 g/mol. The van der Waals surface area contributed by atoms with Crippen LogP contribution in [0.15, 0.2) is 113 Å². The van der Waals surface area contributed by atoms with E-state index in [9.17, 15) is 31.4 Å². The Morgan fingerprint density at radius 1 is 1.02 bits per heavy atom. The first-order chi connectivity index (χ1) is 24.7. The third kappa shape index (κ3) is 11.2. The van der Waals surface area contributed by atoms with E-state index in [1.807, 2.05) is 73.7 Å². The van der Waals surface area contributed by atoms with Crippen molar-refractivity contribution in [2.24, 2.45) is 5.16 Å². The average Bonchev–Trinajstić information content (AvgIpc) is 3.53. The van der Waals surface area contributed by atoms with Crippen LogP contribution >= 0.6 is 23.3 Å². The van der Waals surface area contributed by atoms with Crippen molar-refractivity contribution >= 4 is 39.1 Å². The van der Waals surface area contributed by atoms with Gasteiger partial charge in [-0.1, -0.05) is 78.5 Å². The number of piperidine rings is 1. The second kappa shape index (κ2) is 18.4. The first kappa shape index (κ1) is 41.1. The standard InChI is InChI=1S/C34H35F6N3O2S2.C5H8/c1-42(47-26-19-24(33(35,36)37)18-25(20-26)34(38,39)40)21-30(41-45-2)27(29-22-46-31-11-7-6-10-28(29)31)12-15-43-16-13-32(44,14-17-43)23-8-4-3-5-9-23;1-3-5-4-2/h3-11,18-20,22,27,44H,12-17,21H2,1-2H3;3-5H,1H2,2H3/b41-30+;5-4-. The van der Waals surface area contributed by atoms with Crippen molar-refractivity contribution in [2.45, 2.75) is 55.0 Å². The molecule has 0 spiro atoms. The summed E-state index contributed by atoms with van der Waals surface area (Å²) in [6.45, 7) is 7.59. The number of rotatable bonds is 12. The van der Waals surface area contributed by atoms with Gasteiger partial charge in [-0.25, -0.2) is 4.31 Å². The van der Waals surface area contributed by atoms with Crippen molar-refractivity contribution in [2.75, 3.05) is 40.3 Å². The van der Waals surface area contributed by atoms with Crippen LogP contribution in [0.25, 0.3) is 10.1 Å². The summed E-state index contributed by atoms with van der Waals surface area (Å²) in [7, 11) is 3.01. The number of halogens is 6. The predicted molar refractivity (Wildman–Crippen MR) is 200 cm³/mol. The number of benzene rings is 3. The van der Waals surface area contributed by atoms with Gasteiger partial charge in [0.05, 0.1) is 29.0 Å². The van der Waals surface area contributed by atoms with Gasteiger partial charge in [-0.2, -0.15) is 26.3 Å². The van der Waals surface area contributed by atoms with Crippen LogP contribution in [0.3, 0.4) is 0 Å². The van der Waals surface area contributed by atoms with E-state index in [0.29, 0.717) is 44.6 Å². The van der Waals surface area contributed by atoms with Crippen LogP contribution in [0, 0.1) is 0 Å². The highest BCUT2D eigenvalue weighted by Crippen LogP contribution is 2.40. The lowest BCUT2D eigenvalue weighted by molar-refractivity contribution is -0.143. The van der Waals surface area contributed by atoms with E-state index in [1.54, 1.807) is 28.8 Å². The summed E-state index contributed by atoms with van der Waals surface area (Å²) in [6, 6.07) is 19.2. The van der Waals surface area contributed by atoms with Crippen LogP contribution in [-0.2, 0) is 22.8 Å². The fourth-order valence-electron chi connectivity index (χ4n) is 6.14. The minimum atomic E-state index is -4.94. The zero-order chi connectivity index (χ0) is 37.9. The molecule has 1 N–H and O–H groups in total. The number of allylic oxidation sites excluding steroid dienone is 3. The van der Waals surface area contributed by atoms with E-state index in [0.717, 1.165) is 45.3 Å². The van der Waals surface area contributed by atoms with Gasteiger partial charge >= 0.3 is 12.4 Å². The normalized spacial score (nSPS) is 16.2. The molecule has 4 aromatic rings. The fourth-order valence-corrected chi connectivity index (χ4v) is 8.07. The molecular formula is C39H43F6N3O2S2. The van der Waals surface area contributed by atoms with Crippen LogP contribution in [0.4, 0.5) is 26.3 Å². The van der Waals surface area contributed by atoms with Crippen LogP contribution < -0.4 is 0 Å². The Labute approximate surface area is 309 Å². The molecule has 1 saturated heterocycles. The summed E-state index contributed by atoms with van der Waals surface area (Å²) in [5, 5.41) is 18.8. The monoisotopic (exact) mass is 763 g/mol. The zero-order valence-electron chi connectivity index (χ0n) is 29.3. The highest BCUT2D eigenvalue weighted by atomic mass is 32.2. The second-order valence-electron chi connectivity index (χ2n) is 12.4. The molecule has 1 fully saturated rings. The number of oxime groups is 1. The number of likely N-dealkylation sites (tertiary alicyclic amines) is 1. The lowest BCUT2D eigenvalue weighted by atomic mass is 9.84. The molecule has 13 heteroatoms.